The molecule has 2 N–H and O–H groups in total. The van der Waals surface area contributed by atoms with Crippen molar-refractivity contribution in [1.82, 2.24) is 4.57 Å². The number of para-hydroxylation sites is 1. The summed E-state index contributed by atoms with van der Waals surface area (Å²) in [5.41, 5.74) is 10.4. The van der Waals surface area contributed by atoms with E-state index >= 15 is 0 Å². The van der Waals surface area contributed by atoms with Crippen LogP contribution in [0.15, 0.2) is 102 Å². The molecular formula is C23H18N2O. The molecule has 0 unspecified atom stereocenters. The Morgan fingerprint density at radius 2 is 1.15 bits per heavy atom. The van der Waals surface area contributed by atoms with Gasteiger partial charge in [0.15, 0.2) is 5.43 Å². The van der Waals surface area contributed by atoms with Crippen LogP contribution in [-0.2, 0) is 0 Å². The van der Waals surface area contributed by atoms with Gasteiger partial charge in [0, 0.05) is 11.8 Å². The van der Waals surface area contributed by atoms with Crippen LogP contribution in [0.2, 0.25) is 0 Å². The van der Waals surface area contributed by atoms with Gasteiger partial charge in [0.1, 0.15) is 5.82 Å². The highest BCUT2D eigenvalue weighted by atomic mass is 16.1. The average Bonchev–Trinajstić information content (AvgIpc) is 2.70. The zero-order valence-corrected chi connectivity index (χ0v) is 14.2. The maximum absolute atomic E-state index is 12.9. The van der Waals surface area contributed by atoms with E-state index in [0.29, 0.717) is 11.4 Å². The number of benzene rings is 3. The first-order valence-electron chi connectivity index (χ1n) is 8.47. The predicted octanol–water partition coefficient (Wildman–Crippen LogP) is 4.75. The summed E-state index contributed by atoms with van der Waals surface area (Å²) in [4.78, 5) is 12.9. The maximum atomic E-state index is 12.9. The third-order valence-corrected chi connectivity index (χ3v) is 4.40. The van der Waals surface area contributed by atoms with Crippen molar-refractivity contribution in [2.75, 3.05) is 5.73 Å². The fourth-order valence-electron chi connectivity index (χ4n) is 3.20. The highest BCUT2D eigenvalue weighted by Gasteiger charge is 2.17. The Balaban J connectivity index is 2.07. The van der Waals surface area contributed by atoms with Gasteiger partial charge < -0.3 is 5.73 Å². The van der Waals surface area contributed by atoms with Crippen LogP contribution in [0.1, 0.15) is 0 Å². The van der Waals surface area contributed by atoms with Gasteiger partial charge in [-0.1, -0.05) is 78.9 Å². The van der Waals surface area contributed by atoms with Gasteiger partial charge in [0.05, 0.1) is 11.3 Å². The fourth-order valence-corrected chi connectivity index (χ4v) is 3.20. The van der Waals surface area contributed by atoms with E-state index in [1.165, 1.54) is 0 Å². The average molecular weight is 338 g/mol. The largest absolute Gasteiger partial charge is 0.384 e. The summed E-state index contributed by atoms with van der Waals surface area (Å²) >= 11 is 0. The number of anilines is 1. The third kappa shape index (κ3) is 2.80. The molecule has 0 atom stereocenters. The predicted molar refractivity (Wildman–Crippen MR) is 107 cm³/mol. The molecule has 26 heavy (non-hydrogen) atoms. The van der Waals surface area contributed by atoms with Crippen LogP contribution >= 0.6 is 0 Å². The Bertz CT molecular complexity index is 1090. The van der Waals surface area contributed by atoms with Gasteiger partial charge in [0.25, 0.3) is 0 Å². The van der Waals surface area contributed by atoms with E-state index in [1.54, 1.807) is 6.07 Å². The minimum absolute atomic E-state index is 0.0836. The van der Waals surface area contributed by atoms with Crippen LogP contribution in [0, 0.1) is 0 Å². The molecule has 4 rings (SSSR count). The molecule has 4 aromatic rings. The van der Waals surface area contributed by atoms with E-state index < -0.39 is 0 Å². The fraction of sp³-hybridized carbons (Fsp3) is 0. The second kappa shape index (κ2) is 6.73. The second-order valence-corrected chi connectivity index (χ2v) is 6.06. The summed E-state index contributed by atoms with van der Waals surface area (Å²) in [5, 5.41) is 0. The van der Waals surface area contributed by atoms with Crippen LogP contribution in [-0.4, -0.2) is 4.57 Å². The molecule has 3 heteroatoms. The molecule has 0 amide bonds. The van der Waals surface area contributed by atoms with Crippen molar-refractivity contribution >= 4 is 5.82 Å². The molecule has 3 nitrogen and oxygen atoms in total. The Kier molecular flexibility index (Phi) is 4.12. The summed E-state index contributed by atoms with van der Waals surface area (Å²) in [6, 6.07) is 30.9. The summed E-state index contributed by atoms with van der Waals surface area (Å²) in [6.45, 7) is 0. The number of nitrogens with zero attached hydrogens (tertiary/aromatic N) is 1. The van der Waals surface area contributed by atoms with Crippen molar-refractivity contribution in [3.8, 4) is 28.1 Å². The lowest BCUT2D eigenvalue weighted by atomic mass is 10.0. The molecule has 1 aromatic heterocycles. The molecule has 0 aliphatic carbocycles. The smallest absolute Gasteiger partial charge is 0.192 e. The molecule has 0 spiro atoms. The first kappa shape index (κ1) is 15.9. The van der Waals surface area contributed by atoms with Gasteiger partial charge in [-0.15, -0.1) is 0 Å². The van der Waals surface area contributed by atoms with Crippen LogP contribution in [0.3, 0.4) is 0 Å². The number of aromatic nitrogens is 1. The number of nitrogen functional groups attached to an aromatic ring is 1. The number of rotatable bonds is 3. The van der Waals surface area contributed by atoms with Crippen LogP contribution in [0.4, 0.5) is 5.82 Å². The highest BCUT2D eigenvalue weighted by molar-refractivity contribution is 5.79. The standard InChI is InChI=1S/C23H18N2O/c24-23-22(18-12-6-2-7-13-18)21(26)16-20(17-10-4-1-5-11-17)25(23)19-14-8-3-9-15-19/h1-16H,24H2. The number of nitrogens with two attached hydrogens (primary N) is 1. The summed E-state index contributed by atoms with van der Waals surface area (Å²) in [5.74, 6) is 0.439. The molecule has 0 radical (unpaired) electrons. The molecule has 0 saturated heterocycles. The van der Waals surface area contributed by atoms with E-state index in [1.807, 2.05) is 95.6 Å². The summed E-state index contributed by atoms with van der Waals surface area (Å²) in [7, 11) is 0. The van der Waals surface area contributed by atoms with Crippen molar-refractivity contribution in [1.29, 1.82) is 0 Å². The molecular weight excluding hydrogens is 320 g/mol. The van der Waals surface area contributed by atoms with Gasteiger partial charge >= 0.3 is 0 Å². The van der Waals surface area contributed by atoms with Gasteiger partial charge in [-0.2, -0.15) is 0 Å². The monoisotopic (exact) mass is 338 g/mol. The second-order valence-electron chi connectivity index (χ2n) is 6.06. The van der Waals surface area contributed by atoms with E-state index in [-0.39, 0.29) is 5.43 Å². The Hall–Kier alpha value is -3.59. The van der Waals surface area contributed by atoms with Gasteiger partial charge in [0.2, 0.25) is 0 Å². The van der Waals surface area contributed by atoms with E-state index in [9.17, 15) is 4.79 Å². The van der Waals surface area contributed by atoms with Crippen LogP contribution in [0.5, 0.6) is 0 Å². The molecule has 126 valence electrons. The van der Waals surface area contributed by atoms with Crippen LogP contribution < -0.4 is 11.2 Å². The topological polar surface area (TPSA) is 48.0 Å². The van der Waals surface area contributed by atoms with E-state index in [2.05, 4.69) is 0 Å². The third-order valence-electron chi connectivity index (χ3n) is 4.40. The summed E-state index contributed by atoms with van der Waals surface area (Å²) in [6.07, 6.45) is 0. The minimum atomic E-state index is -0.0836. The molecule has 0 saturated carbocycles. The minimum Gasteiger partial charge on any atom is -0.384 e. The maximum Gasteiger partial charge on any atom is 0.192 e. The van der Waals surface area contributed by atoms with Crippen molar-refractivity contribution in [3.63, 3.8) is 0 Å². The molecule has 0 aliphatic heterocycles. The van der Waals surface area contributed by atoms with Crippen molar-refractivity contribution in [3.05, 3.63) is 107 Å². The molecule has 1 heterocycles. The SMILES string of the molecule is Nc1c(-c2ccccc2)c(=O)cc(-c2ccccc2)n1-c1ccccc1. The molecule has 3 aromatic carbocycles. The van der Waals surface area contributed by atoms with Gasteiger partial charge in [-0.3, -0.25) is 9.36 Å². The van der Waals surface area contributed by atoms with Crippen molar-refractivity contribution < 1.29 is 0 Å². The highest BCUT2D eigenvalue weighted by Crippen LogP contribution is 2.30. The van der Waals surface area contributed by atoms with Crippen molar-refractivity contribution in [2.24, 2.45) is 0 Å². The Morgan fingerprint density at radius 3 is 1.73 bits per heavy atom. The first-order valence-corrected chi connectivity index (χ1v) is 8.47. The Labute approximate surface area is 152 Å². The van der Waals surface area contributed by atoms with Gasteiger partial charge in [-0.25, -0.2) is 0 Å². The van der Waals surface area contributed by atoms with E-state index in [4.69, 9.17) is 5.73 Å². The summed E-state index contributed by atoms with van der Waals surface area (Å²) < 4.78 is 1.94. The number of hydrogen-bond donors (Lipinski definition) is 1. The lowest BCUT2D eigenvalue weighted by Crippen LogP contribution is -2.16. The molecule has 0 fully saturated rings. The molecule has 0 bridgehead atoms. The number of hydrogen-bond acceptors (Lipinski definition) is 2. The Morgan fingerprint density at radius 1 is 0.654 bits per heavy atom. The molecule has 0 aliphatic rings. The normalized spacial score (nSPS) is 10.6. The van der Waals surface area contributed by atoms with Crippen LogP contribution in [0.25, 0.3) is 28.1 Å². The van der Waals surface area contributed by atoms with Crippen molar-refractivity contribution in [2.45, 2.75) is 0 Å². The zero-order chi connectivity index (χ0) is 17.9. The van der Waals surface area contributed by atoms with E-state index in [0.717, 1.165) is 22.5 Å². The lowest BCUT2D eigenvalue weighted by Gasteiger charge is -2.19. The van der Waals surface area contributed by atoms with Gasteiger partial charge in [-0.05, 0) is 23.3 Å². The first-order chi connectivity index (χ1) is 12.8. The number of pyridine rings is 1. The lowest BCUT2D eigenvalue weighted by molar-refractivity contribution is 1.06. The quantitative estimate of drug-likeness (QED) is 0.586. The zero-order valence-electron chi connectivity index (χ0n) is 14.2.